The Morgan fingerprint density at radius 3 is 2.40 bits per heavy atom. The van der Waals surface area contributed by atoms with Crippen molar-refractivity contribution < 1.29 is 4.74 Å². The van der Waals surface area contributed by atoms with Gasteiger partial charge in [0.2, 0.25) is 0 Å². The second-order valence-electron chi connectivity index (χ2n) is 2.89. The normalized spacial score (nSPS) is 10.6. The average molecular weight is 201 g/mol. The molecule has 0 spiro atoms. The van der Waals surface area contributed by atoms with Crippen LogP contribution in [-0.4, -0.2) is 7.05 Å². The van der Waals surface area contributed by atoms with Gasteiger partial charge in [-0.05, 0) is 36.4 Å². The summed E-state index contributed by atoms with van der Waals surface area (Å²) in [5.41, 5.74) is 1.05. The molecule has 2 nitrogen and oxygen atoms in total. The highest BCUT2D eigenvalue weighted by molar-refractivity contribution is 5.46. The minimum atomic E-state index is 0.683. The molecule has 0 saturated heterocycles. The van der Waals surface area contributed by atoms with Gasteiger partial charge < -0.3 is 10.1 Å². The molecule has 0 amide bonds. The largest absolute Gasteiger partial charge is 0.457 e. The van der Waals surface area contributed by atoms with E-state index in [1.165, 1.54) is 0 Å². The predicted molar refractivity (Wildman–Crippen MR) is 65.1 cm³/mol. The van der Waals surface area contributed by atoms with Gasteiger partial charge in [-0.15, -0.1) is 0 Å². The smallest absolute Gasteiger partial charge is 0.127 e. The van der Waals surface area contributed by atoms with Gasteiger partial charge in [-0.1, -0.05) is 19.2 Å². The van der Waals surface area contributed by atoms with E-state index in [0.29, 0.717) is 5.76 Å². The van der Waals surface area contributed by atoms with Gasteiger partial charge in [0.1, 0.15) is 11.5 Å². The number of hydrogen-bond donors (Lipinski definition) is 1. The summed E-state index contributed by atoms with van der Waals surface area (Å²) in [6.45, 7) is 7.26. The first-order chi connectivity index (χ1) is 7.30. The SMILES string of the molecule is C=C/C=C(\C=C)Oc1ccc(NC)cc1. The number of benzene rings is 1. The summed E-state index contributed by atoms with van der Waals surface area (Å²) >= 11 is 0. The molecule has 0 saturated carbocycles. The Hall–Kier alpha value is -1.96. The maximum absolute atomic E-state index is 5.55. The Labute approximate surface area is 90.6 Å². The quantitative estimate of drug-likeness (QED) is 0.582. The summed E-state index contributed by atoms with van der Waals surface area (Å²) in [6, 6.07) is 7.69. The van der Waals surface area contributed by atoms with E-state index in [1.807, 2.05) is 31.3 Å². The molecule has 2 heteroatoms. The molecule has 78 valence electrons. The highest BCUT2D eigenvalue weighted by Gasteiger charge is 1.95. The van der Waals surface area contributed by atoms with E-state index in [9.17, 15) is 0 Å². The molecule has 15 heavy (non-hydrogen) atoms. The minimum absolute atomic E-state index is 0.683. The summed E-state index contributed by atoms with van der Waals surface area (Å²) in [6.07, 6.45) is 5.08. The van der Waals surface area contributed by atoms with Crippen LogP contribution in [0.1, 0.15) is 0 Å². The number of nitrogens with one attached hydrogen (secondary N) is 1. The van der Waals surface area contributed by atoms with E-state index in [2.05, 4.69) is 18.5 Å². The van der Waals surface area contributed by atoms with Crippen molar-refractivity contribution in [2.45, 2.75) is 0 Å². The van der Waals surface area contributed by atoms with E-state index in [-0.39, 0.29) is 0 Å². The molecule has 0 radical (unpaired) electrons. The number of ether oxygens (including phenoxy) is 1. The molecule has 0 aliphatic rings. The second kappa shape index (κ2) is 5.70. The lowest BCUT2D eigenvalue weighted by atomic mass is 10.3. The summed E-state index contributed by atoms with van der Waals surface area (Å²) in [5.74, 6) is 1.46. The van der Waals surface area contributed by atoms with Crippen molar-refractivity contribution in [2.75, 3.05) is 12.4 Å². The zero-order valence-electron chi connectivity index (χ0n) is 8.86. The summed E-state index contributed by atoms with van der Waals surface area (Å²) in [4.78, 5) is 0. The van der Waals surface area contributed by atoms with Crippen molar-refractivity contribution in [1.82, 2.24) is 0 Å². The summed E-state index contributed by atoms with van der Waals surface area (Å²) in [5, 5.41) is 3.04. The van der Waals surface area contributed by atoms with Gasteiger partial charge in [0.05, 0.1) is 0 Å². The van der Waals surface area contributed by atoms with Crippen molar-refractivity contribution >= 4 is 5.69 Å². The van der Waals surface area contributed by atoms with Gasteiger partial charge in [-0.3, -0.25) is 0 Å². The first-order valence-corrected chi connectivity index (χ1v) is 4.71. The molecule has 1 aromatic carbocycles. The molecular formula is C13H15NO. The van der Waals surface area contributed by atoms with Crippen LogP contribution in [0.4, 0.5) is 5.69 Å². The van der Waals surface area contributed by atoms with Gasteiger partial charge >= 0.3 is 0 Å². The fraction of sp³-hybridized carbons (Fsp3) is 0.0769. The van der Waals surface area contributed by atoms with Gasteiger partial charge in [0, 0.05) is 12.7 Å². The average Bonchev–Trinajstić information content (AvgIpc) is 2.29. The van der Waals surface area contributed by atoms with Crippen LogP contribution in [0, 0.1) is 0 Å². The Morgan fingerprint density at radius 2 is 1.93 bits per heavy atom. The molecule has 0 heterocycles. The standard InChI is InChI=1S/C13H15NO/c1-4-6-12(5-2)15-13-9-7-11(14-3)8-10-13/h4-10,14H,1-2H2,3H3/b12-6+. The van der Waals surface area contributed by atoms with Crippen molar-refractivity contribution in [1.29, 1.82) is 0 Å². The van der Waals surface area contributed by atoms with Gasteiger partial charge in [0.15, 0.2) is 0 Å². The predicted octanol–water partition coefficient (Wildman–Crippen LogP) is 3.36. The van der Waals surface area contributed by atoms with Gasteiger partial charge in [0.25, 0.3) is 0 Å². The van der Waals surface area contributed by atoms with E-state index in [0.717, 1.165) is 11.4 Å². The molecule has 1 N–H and O–H groups in total. The Balaban J connectivity index is 2.75. The third-order valence-corrected chi connectivity index (χ3v) is 1.86. The Kier molecular flexibility index (Phi) is 4.23. The zero-order chi connectivity index (χ0) is 11.1. The van der Waals surface area contributed by atoms with Gasteiger partial charge in [-0.25, -0.2) is 0 Å². The second-order valence-corrected chi connectivity index (χ2v) is 2.89. The molecule has 0 bridgehead atoms. The first kappa shape index (κ1) is 11.1. The lowest BCUT2D eigenvalue weighted by Gasteiger charge is -2.06. The minimum Gasteiger partial charge on any atom is -0.457 e. The van der Waals surface area contributed by atoms with Crippen LogP contribution in [0.15, 0.2) is 61.4 Å². The molecule has 0 unspecified atom stereocenters. The fourth-order valence-corrected chi connectivity index (χ4v) is 1.09. The maximum Gasteiger partial charge on any atom is 0.127 e. The molecule has 0 fully saturated rings. The number of rotatable bonds is 5. The molecule has 0 aromatic heterocycles. The molecule has 1 rings (SSSR count). The molecule has 0 atom stereocenters. The highest BCUT2D eigenvalue weighted by Crippen LogP contribution is 2.17. The number of allylic oxidation sites excluding steroid dienone is 3. The van der Waals surface area contributed by atoms with E-state index >= 15 is 0 Å². The Morgan fingerprint density at radius 1 is 1.27 bits per heavy atom. The van der Waals surface area contributed by atoms with E-state index < -0.39 is 0 Å². The Bertz CT molecular complexity index is 363. The molecule has 0 aliphatic carbocycles. The molecule has 1 aromatic rings. The van der Waals surface area contributed by atoms with Crippen molar-refractivity contribution in [2.24, 2.45) is 0 Å². The van der Waals surface area contributed by atoms with E-state index in [1.54, 1.807) is 18.2 Å². The van der Waals surface area contributed by atoms with Gasteiger partial charge in [-0.2, -0.15) is 0 Å². The topological polar surface area (TPSA) is 21.3 Å². The number of hydrogen-bond acceptors (Lipinski definition) is 2. The fourth-order valence-electron chi connectivity index (χ4n) is 1.09. The van der Waals surface area contributed by atoms with Crippen molar-refractivity contribution in [3.05, 3.63) is 61.4 Å². The zero-order valence-corrected chi connectivity index (χ0v) is 8.86. The molecular weight excluding hydrogens is 186 g/mol. The van der Waals surface area contributed by atoms with Crippen LogP contribution >= 0.6 is 0 Å². The first-order valence-electron chi connectivity index (χ1n) is 4.71. The summed E-state index contributed by atoms with van der Waals surface area (Å²) in [7, 11) is 1.88. The van der Waals surface area contributed by atoms with Crippen LogP contribution in [0.5, 0.6) is 5.75 Å². The third kappa shape index (κ3) is 3.35. The maximum atomic E-state index is 5.55. The van der Waals surface area contributed by atoms with Crippen LogP contribution in [0.2, 0.25) is 0 Å². The lowest BCUT2D eigenvalue weighted by Crippen LogP contribution is -1.92. The van der Waals surface area contributed by atoms with Crippen molar-refractivity contribution in [3.8, 4) is 5.75 Å². The van der Waals surface area contributed by atoms with Crippen LogP contribution in [-0.2, 0) is 0 Å². The van der Waals surface area contributed by atoms with E-state index in [4.69, 9.17) is 4.74 Å². The van der Waals surface area contributed by atoms with Crippen LogP contribution in [0.3, 0.4) is 0 Å². The number of anilines is 1. The third-order valence-electron chi connectivity index (χ3n) is 1.86. The summed E-state index contributed by atoms with van der Waals surface area (Å²) < 4.78 is 5.55. The highest BCUT2D eigenvalue weighted by atomic mass is 16.5. The van der Waals surface area contributed by atoms with Crippen molar-refractivity contribution in [3.63, 3.8) is 0 Å². The van der Waals surface area contributed by atoms with Crippen LogP contribution < -0.4 is 10.1 Å². The lowest BCUT2D eigenvalue weighted by molar-refractivity contribution is 0.445. The monoisotopic (exact) mass is 201 g/mol. The van der Waals surface area contributed by atoms with Crippen LogP contribution in [0.25, 0.3) is 0 Å². The molecule has 0 aliphatic heterocycles.